The van der Waals surface area contributed by atoms with Crippen molar-refractivity contribution in [3.63, 3.8) is 0 Å². The molecule has 2 rings (SSSR count). The van der Waals surface area contributed by atoms with Crippen LogP contribution < -0.4 is 10.1 Å². The Bertz CT molecular complexity index is 406. The molecule has 0 aromatic heterocycles. The summed E-state index contributed by atoms with van der Waals surface area (Å²) < 4.78 is 5.41. The molecule has 0 saturated heterocycles. The van der Waals surface area contributed by atoms with E-state index in [2.05, 4.69) is 12.2 Å². The second-order valence-corrected chi connectivity index (χ2v) is 5.45. The molecule has 0 spiro atoms. The van der Waals surface area contributed by atoms with Crippen LogP contribution in [-0.4, -0.2) is 17.8 Å². The quantitative estimate of drug-likeness (QED) is 0.855. The first-order valence-electron chi connectivity index (χ1n) is 7.39. The van der Waals surface area contributed by atoms with Gasteiger partial charge in [0.15, 0.2) is 11.5 Å². The van der Waals surface area contributed by atoms with Gasteiger partial charge in [-0.1, -0.05) is 31.9 Å². The average molecular weight is 263 g/mol. The summed E-state index contributed by atoms with van der Waals surface area (Å²) in [5.74, 6) is 1.59. The second kappa shape index (κ2) is 6.80. The van der Waals surface area contributed by atoms with Crippen molar-refractivity contribution in [1.29, 1.82) is 0 Å². The summed E-state index contributed by atoms with van der Waals surface area (Å²) in [6.45, 7) is 5.52. The molecular weight excluding hydrogens is 238 g/mol. The number of phenols is 1. The Morgan fingerprint density at radius 2 is 2.11 bits per heavy atom. The van der Waals surface area contributed by atoms with E-state index in [-0.39, 0.29) is 5.75 Å². The van der Waals surface area contributed by atoms with E-state index in [0.717, 1.165) is 11.5 Å². The highest BCUT2D eigenvalue weighted by molar-refractivity contribution is 5.45. The number of nitrogens with one attached hydrogen (secondary N) is 1. The van der Waals surface area contributed by atoms with E-state index in [1.165, 1.54) is 25.7 Å². The van der Waals surface area contributed by atoms with Gasteiger partial charge in [0.1, 0.15) is 0 Å². The van der Waals surface area contributed by atoms with Gasteiger partial charge in [0.2, 0.25) is 0 Å². The van der Waals surface area contributed by atoms with Crippen molar-refractivity contribution in [2.45, 2.75) is 52.1 Å². The summed E-state index contributed by atoms with van der Waals surface area (Å²) in [4.78, 5) is 0. The fraction of sp³-hybridized carbons (Fsp3) is 0.625. The topological polar surface area (TPSA) is 41.5 Å². The van der Waals surface area contributed by atoms with E-state index in [0.29, 0.717) is 24.9 Å². The van der Waals surface area contributed by atoms with Gasteiger partial charge < -0.3 is 15.2 Å². The number of aromatic hydroxyl groups is 1. The standard InChI is InChI=1S/C16H25NO2/c1-3-19-15-10-6-8-13(16(15)18)11-17-14-9-5-4-7-12(14)2/h6,8,10,12,14,17-18H,3-5,7,9,11H2,1-2H3. The monoisotopic (exact) mass is 263 g/mol. The first-order valence-corrected chi connectivity index (χ1v) is 7.39. The van der Waals surface area contributed by atoms with Crippen molar-refractivity contribution >= 4 is 0 Å². The van der Waals surface area contributed by atoms with Crippen molar-refractivity contribution in [3.05, 3.63) is 23.8 Å². The smallest absolute Gasteiger partial charge is 0.162 e. The van der Waals surface area contributed by atoms with Crippen LogP contribution in [0.15, 0.2) is 18.2 Å². The Hall–Kier alpha value is -1.22. The molecule has 1 aliphatic rings. The molecule has 1 fully saturated rings. The number of ether oxygens (including phenoxy) is 1. The van der Waals surface area contributed by atoms with Gasteiger partial charge in [-0.3, -0.25) is 0 Å². The van der Waals surface area contributed by atoms with Crippen LogP contribution in [0.25, 0.3) is 0 Å². The first-order chi connectivity index (χ1) is 9.22. The van der Waals surface area contributed by atoms with E-state index in [9.17, 15) is 5.11 Å². The third kappa shape index (κ3) is 3.63. The summed E-state index contributed by atoms with van der Waals surface area (Å²) >= 11 is 0. The molecule has 1 aromatic carbocycles. The zero-order valence-electron chi connectivity index (χ0n) is 12.0. The highest BCUT2D eigenvalue weighted by atomic mass is 16.5. The zero-order valence-corrected chi connectivity index (χ0v) is 12.0. The molecule has 0 radical (unpaired) electrons. The van der Waals surface area contributed by atoms with Gasteiger partial charge in [-0.2, -0.15) is 0 Å². The third-order valence-corrected chi connectivity index (χ3v) is 4.05. The van der Waals surface area contributed by atoms with Crippen LogP contribution in [0.3, 0.4) is 0 Å². The van der Waals surface area contributed by atoms with Crippen molar-refractivity contribution < 1.29 is 9.84 Å². The summed E-state index contributed by atoms with van der Waals surface area (Å²) in [5.41, 5.74) is 0.920. The molecule has 0 heterocycles. The van der Waals surface area contributed by atoms with Gasteiger partial charge in [0, 0.05) is 18.2 Å². The number of hydrogen-bond acceptors (Lipinski definition) is 3. The molecule has 2 unspecified atom stereocenters. The summed E-state index contributed by atoms with van der Waals surface area (Å²) in [6, 6.07) is 6.28. The molecule has 1 saturated carbocycles. The Morgan fingerprint density at radius 3 is 2.84 bits per heavy atom. The lowest BCUT2D eigenvalue weighted by Crippen LogP contribution is -2.36. The summed E-state index contributed by atoms with van der Waals surface area (Å²) in [7, 11) is 0. The van der Waals surface area contributed by atoms with E-state index >= 15 is 0 Å². The van der Waals surface area contributed by atoms with Crippen LogP contribution in [0.4, 0.5) is 0 Å². The minimum absolute atomic E-state index is 0.278. The first kappa shape index (κ1) is 14.2. The number of phenolic OH excluding ortho intramolecular Hbond substituents is 1. The normalized spacial score (nSPS) is 23.3. The van der Waals surface area contributed by atoms with E-state index in [4.69, 9.17) is 4.74 Å². The fourth-order valence-corrected chi connectivity index (χ4v) is 2.84. The largest absolute Gasteiger partial charge is 0.504 e. The van der Waals surface area contributed by atoms with Gasteiger partial charge in [0.05, 0.1) is 6.61 Å². The number of rotatable bonds is 5. The maximum absolute atomic E-state index is 10.2. The molecule has 2 atom stereocenters. The molecule has 1 aliphatic carbocycles. The maximum atomic E-state index is 10.2. The van der Waals surface area contributed by atoms with E-state index < -0.39 is 0 Å². The van der Waals surface area contributed by atoms with Crippen molar-refractivity contribution in [3.8, 4) is 11.5 Å². The van der Waals surface area contributed by atoms with E-state index in [1.54, 1.807) is 0 Å². The average Bonchev–Trinajstić information content (AvgIpc) is 2.42. The molecule has 0 bridgehead atoms. The lowest BCUT2D eigenvalue weighted by molar-refractivity contribution is 0.277. The van der Waals surface area contributed by atoms with Crippen LogP contribution >= 0.6 is 0 Å². The molecule has 1 aromatic rings. The molecule has 0 amide bonds. The summed E-state index contributed by atoms with van der Waals surface area (Å²) in [5, 5.41) is 13.7. The Kier molecular flexibility index (Phi) is 5.08. The van der Waals surface area contributed by atoms with Crippen molar-refractivity contribution in [2.24, 2.45) is 5.92 Å². The molecule has 2 N–H and O–H groups in total. The molecule has 106 valence electrons. The SMILES string of the molecule is CCOc1cccc(CNC2CCCCC2C)c1O. The van der Waals surface area contributed by atoms with Crippen molar-refractivity contribution in [2.75, 3.05) is 6.61 Å². The predicted molar refractivity (Wildman–Crippen MR) is 77.5 cm³/mol. The van der Waals surface area contributed by atoms with Crippen LogP contribution in [0, 0.1) is 5.92 Å². The Labute approximate surface area is 116 Å². The molecule has 3 heteroatoms. The molecule has 0 aliphatic heterocycles. The van der Waals surface area contributed by atoms with Crippen molar-refractivity contribution in [1.82, 2.24) is 5.32 Å². The number of hydrogen-bond donors (Lipinski definition) is 2. The van der Waals surface area contributed by atoms with Gasteiger partial charge in [0.25, 0.3) is 0 Å². The lowest BCUT2D eigenvalue weighted by atomic mass is 9.86. The molecule has 19 heavy (non-hydrogen) atoms. The predicted octanol–water partition coefficient (Wildman–Crippen LogP) is 3.46. The second-order valence-electron chi connectivity index (χ2n) is 5.45. The highest BCUT2D eigenvalue weighted by Gasteiger charge is 2.21. The fourth-order valence-electron chi connectivity index (χ4n) is 2.84. The van der Waals surface area contributed by atoms with Crippen LogP contribution in [0.1, 0.15) is 45.1 Å². The molecular formula is C16H25NO2. The third-order valence-electron chi connectivity index (χ3n) is 4.05. The van der Waals surface area contributed by atoms with Crippen LogP contribution in [0.5, 0.6) is 11.5 Å². The van der Waals surface area contributed by atoms with Gasteiger partial charge in [-0.15, -0.1) is 0 Å². The Balaban J connectivity index is 1.97. The Morgan fingerprint density at radius 1 is 1.32 bits per heavy atom. The summed E-state index contributed by atoms with van der Waals surface area (Å²) in [6.07, 6.45) is 5.22. The van der Waals surface area contributed by atoms with Crippen LogP contribution in [0.2, 0.25) is 0 Å². The van der Waals surface area contributed by atoms with Gasteiger partial charge >= 0.3 is 0 Å². The van der Waals surface area contributed by atoms with Gasteiger partial charge in [-0.25, -0.2) is 0 Å². The minimum Gasteiger partial charge on any atom is -0.504 e. The minimum atomic E-state index is 0.278. The lowest BCUT2D eigenvalue weighted by Gasteiger charge is -2.29. The number of benzene rings is 1. The van der Waals surface area contributed by atoms with E-state index in [1.807, 2.05) is 25.1 Å². The highest BCUT2D eigenvalue weighted by Crippen LogP contribution is 2.30. The van der Waals surface area contributed by atoms with Gasteiger partial charge in [-0.05, 0) is 31.7 Å². The van der Waals surface area contributed by atoms with Crippen LogP contribution in [-0.2, 0) is 6.54 Å². The maximum Gasteiger partial charge on any atom is 0.162 e. The molecule has 3 nitrogen and oxygen atoms in total. The number of para-hydroxylation sites is 1. The zero-order chi connectivity index (χ0) is 13.7.